The molecule has 3 aromatic carbocycles. The van der Waals surface area contributed by atoms with Gasteiger partial charge in [-0.15, -0.1) is 0 Å². The van der Waals surface area contributed by atoms with E-state index in [9.17, 15) is 14.4 Å². The molecule has 1 aliphatic heterocycles. The Morgan fingerprint density at radius 3 is 1.97 bits per heavy atom. The Morgan fingerprint density at radius 2 is 1.42 bits per heavy atom. The van der Waals surface area contributed by atoms with Crippen molar-refractivity contribution >= 4 is 23.3 Å². The number of amides is 1. The number of Topliss-reactive ketones (excluding diaryl/α,β-unsaturated/α-hetero) is 1. The van der Waals surface area contributed by atoms with E-state index >= 15 is 0 Å². The fraction of sp³-hybridized carbons (Fsp3) is 0.160. The molecule has 0 aromatic heterocycles. The van der Waals surface area contributed by atoms with Gasteiger partial charge >= 0.3 is 5.97 Å². The van der Waals surface area contributed by atoms with Gasteiger partial charge < -0.3 is 14.8 Å². The molecule has 3 aromatic rings. The summed E-state index contributed by atoms with van der Waals surface area (Å²) in [6.45, 7) is 3.00. The highest BCUT2D eigenvalue weighted by Gasteiger charge is 2.35. The summed E-state index contributed by atoms with van der Waals surface area (Å²) < 4.78 is 11.4. The molecule has 1 aliphatic rings. The van der Waals surface area contributed by atoms with Crippen molar-refractivity contribution in [1.82, 2.24) is 0 Å². The van der Waals surface area contributed by atoms with Crippen molar-refractivity contribution in [2.24, 2.45) is 0 Å². The van der Waals surface area contributed by atoms with E-state index in [-0.39, 0.29) is 5.78 Å². The number of para-hydroxylation sites is 2. The highest BCUT2D eigenvalue weighted by molar-refractivity contribution is 5.97. The summed E-state index contributed by atoms with van der Waals surface area (Å²) in [4.78, 5) is 37.1. The van der Waals surface area contributed by atoms with E-state index in [0.717, 1.165) is 0 Å². The zero-order valence-electron chi connectivity index (χ0n) is 17.1. The van der Waals surface area contributed by atoms with Gasteiger partial charge in [-0.3, -0.25) is 14.4 Å². The Hall–Kier alpha value is -3.93. The van der Waals surface area contributed by atoms with Crippen LogP contribution < -0.4 is 10.1 Å². The highest BCUT2D eigenvalue weighted by Crippen LogP contribution is 2.44. The summed E-state index contributed by atoms with van der Waals surface area (Å²) in [5.74, 6) is -0.560. The van der Waals surface area contributed by atoms with Crippen molar-refractivity contribution in [3.8, 4) is 11.5 Å². The number of fused-ring (bicyclic) bond motifs is 2. The van der Waals surface area contributed by atoms with Gasteiger partial charge in [-0.2, -0.15) is 0 Å². The molecule has 31 heavy (non-hydrogen) atoms. The van der Waals surface area contributed by atoms with Crippen molar-refractivity contribution in [3.63, 3.8) is 0 Å². The van der Waals surface area contributed by atoms with Crippen LogP contribution in [0.5, 0.6) is 11.5 Å². The molecule has 1 heterocycles. The van der Waals surface area contributed by atoms with E-state index in [1.807, 2.05) is 36.4 Å². The van der Waals surface area contributed by atoms with Crippen molar-refractivity contribution in [2.45, 2.75) is 25.9 Å². The quantitative estimate of drug-likeness (QED) is 0.483. The molecule has 4 rings (SSSR count). The van der Waals surface area contributed by atoms with Gasteiger partial charge in [0.05, 0.1) is 0 Å². The number of esters is 1. The van der Waals surface area contributed by atoms with Crippen LogP contribution in [-0.4, -0.2) is 23.8 Å². The van der Waals surface area contributed by atoms with Crippen LogP contribution in [0, 0.1) is 0 Å². The second kappa shape index (κ2) is 8.44. The van der Waals surface area contributed by atoms with E-state index < -0.39 is 23.9 Å². The predicted octanol–water partition coefficient (Wildman–Crippen LogP) is 4.70. The van der Waals surface area contributed by atoms with Gasteiger partial charge in [0.25, 0.3) is 5.91 Å². The molecule has 0 bridgehead atoms. The molecule has 0 saturated heterocycles. The number of carbonyl (C=O) groups excluding carboxylic acids is 3. The summed E-state index contributed by atoms with van der Waals surface area (Å²) >= 11 is 0. The third kappa shape index (κ3) is 4.19. The maximum atomic E-state index is 13.1. The molecule has 0 saturated carbocycles. The molecule has 1 amide bonds. The van der Waals surface area contributed by atoms with Crippen LogP contribution in [0.4, 0.5) is 5.69 Å². The summed E-state index contributed by atoms with van der Waals surface area (Å²) in [7, 11) is 0. The lowest BCUT2D eigenvalue weighted by Crippen LogP contribution is -2.32. The molecular weight excluding hydrogens is 394 g/mol. The van der Waals surface area contributed by atoms with Gasteiger partial charge in [-0.05, 0) is 50.2 Å². The fourth-order valence-electron chi connectivity index (χ4n) is 3.49. The smallest absolute Gasteiger partial charge is 0.318 e. The molecule has 6 heteroatoms. The molecule has 0 spiro atoms. The Bertz CT molecular complexity index is 1110. The standard InChI is InChI=1S/C25H21NO5/c1-15(27)17-11-13-18(14-12-17)26-24(28)16(2)30-25(29)23-19-7-3-5-9-21(19)31-22-10-6-4-8-20(22)23/h3-14,16,23H,1-2H3,(H,26,28)/t16-/m0/s1. The van der Waals surface area contributed by atoms with Crippen LogP contribution in [0.25, 0.3) is 0 Å². The van der Waals surface area contributed by atoms with Gasteiger partial charge in [0, 0.05) is 22.4 Å². The number of rotatable bonds is 5. The first-order valence-corrected chi connectivity index (χ1v) is 9.92. The summed E-state index contributed by atoms with van der Waals surface area (Å²) in [5.41, 5.74) is 2.45. The van der Waals surface area contributed by atoms with Crippen LogP contribution in [0.15, 0.2) is 72.8 Å². The summed E-state index contributed by atoms with van der Waals surface area (Å²) in [5, 5.41) is 2.70. The second-order valence-corrected chi connectivity index (χ2v) is 7.31. The molecule has 0 fully saturated rings. The first-order chi connectivity index (χ1) is 14.9. The van der Waals surface area contributed by atoms with Crippen LogP contribution >= 0.6 is 0 Å². The highest BCUT2D eigenvalue weighted by atomic mass is 16.5. The Balaban J connectivity index is 1.50. The number of nitrogens with one attached hydrogen (secondary N) is 1. The monoisotopic (exact) mass is 415 g/mol. The molecule has 1 N–H and O–H groups in total. The minimum atomic E-state index is -1.01. The molecule has 0 unspecified atom stereocenters. The van der Waals surface area contributed by atoms with Crippen molar-refractivity contribution < 1.29 is 23.9 Å². The number of anilines is 1. The molecule has 6 nitrogen and oxygen atoms in total. The van der Waals surface area contributed by atoms with Gasteiger partial charge in [-0.25, -0.2) is 0 Å². The number of hydrogen-bond acceptors (Lipinski definition) is 5. The van der Waals surface area contributed by atoms with E-state index in [0.29, 0.717) is 33.9 Å². The third-order valence-corrected chi connectivity index (χ3v) is 5.14. The van der Waals surface area contributed by atoms with E-state index in [1.165, 1.54) is 13.8 Å². The molecule has 0 radical (unpaired) electrons. The fourth-order valence-corrected chi connectivity index (χ4v) is 3.49. The van der Waals surface area contributed by atoms with Gasteiger partial charge in [0.1, 0.15) is 17.4 Å². The molecule has 1 atom stereocenters. The number of ketones is 1. The number of hydrogen-bond donors (Lipinski definition) is 1. The lowest BCUT2D eigenvalue weighted by atomic mass is 9.88. The first-order valence-electron chi connectivity index (χ1n) is 9.92. The van der Waals surface area contributed by atoms with E-state index in [1.54, 1.807) is 36.4 Å². The van der Waals surface area contributed by atoms with Crippen LogP contribution in [-0.2, 0) is 14.3 Å². The van der Waals surface area contributed by atoms with Crippen molar-refractivity contribution in [2.75, 3.05) is 5.32 Å². The zero-order valence-corrected chi connectivity index (χ0v) is 17.1. The van der Waals surface area contributed by atoms with Gasteiger partial charge in [0.2, 0.25) is 0 Å². The van der Waals surface area contributed by atoms with E-state index in [2.05, 4.69) is 5.32 Å². The lowest BCUT2D eigenvalue weighted by Gasteiger charge is -2.27. The minimum absolute atomic E-state index is 0.0581. The number of carbonyl (C=O) groups is 3. The van der Waals surface area contributed by atoms with Crippen molar-refractivity contribution in [3.05, 3.63) is 89.5 Å². The van der Waals surface area contributed by atoms with Crippen molar-refractivity contribution in [1.29, 1.82) is 0 Å². The van der Waals surface area contributed by atoms with E-state index in [4.69, 9.17) is 9.47 Å². The molecule has 0 aliphatic carbocycles. The summed E-state index contributed by atoms with van der Waals surface area (Å²) in [6.07, 6.45) is -1.01. The van der Waals surface area contributed by atoms with Crippen LogP contribution in [0.2, 0.25) is 0 Å². The minimum Gasteiger partial charge on any atom is -0.457 e. The predicted molar refractivity (Wildman–Crippen MR) is 115 cm³/mol. The normalized spacial score (nSPS) is 13.2. The SMILES string of the molecule is CC(=O)c1ccc(NC(=O)[C@H](C)OC(=O)C2c3ccccc3Oc3ccccc32)cc1. The topological polar surface area (TPSA) is 81.7 Å². The summed E-state index contributed by atoms with van der Waals surface area (Å²) in [6, 6.07) is 21.1. The van der Waals surface area contributed by atoms with Gasteiger partial charge in [0.15, 0.2) is 11.9 Å². The largest absolute Gasteiger partial charge is 0.457 e. The Labute approximate surface area is 179 Å². The third-order valence-electron chi connectivity index (χ3n) is 5.14. The maximum Gasteiger partial charge on any atom is 0.318 e. The average Bonchev–Trinajstić information content (AvgIpc) is 2.77. The van der Waals surface area contributed by atoms with Crippen LogP contribution in [0.3, 0.4) is 0 Å². The number of benzene rings is 3. The van der Waals surface area contributed by atoms with Crippen LogP contribution in [0.1, 0.15) is 41.3 Å². The molecule has 156 valence electrons. The Morgan fingerprint density at radius 1 is 0.871 bits per heavy atom. The lowest BCUT2D eigenvalue weighted by molar-refractivity contribution is -0.153. The van der Waals surface area contributed by atoms with Gasteiger partial charge in [-0.1, -0.05) is 36.4 Å². The molecular formula is C25H21NO5. The Kier molecular flexibility index (Phi) is 5.54. The number of ether oxygens (including phenoxy) is 2. The second-order valence-electron chi connectivity index (χ2n) is 7.31. The zero-order chi connectivity index (χ0) is 22.0. The average molecular weight is 415 g/mol. The maximum absolute atomic E-state index is 13.1. The first kappa shape index (κ1) is 20.3.